The van der Waals surface area contributed by atoms with E-state index in [9.17, 15) is 14.7 Å². The number of carbonyl (C=O) groups excluding carboxylic acids is 1. The number of fused-ring (bicyclic) bond motifs is 3. The number of likely N-dealkylation sites (tertiary alicyclic amines) is 1. The van der Waals surface area contributed by atoms with E-state index < -0.39 is 11.5 Å². The summed E-state index contributed by atoms with van der Waals surface area (Å²) in [5.74, 6) is -0.683. The van der Waals surface area contributed by atoms with Crippen LogP contribution >= 0.6 is 0 Å². The summed E-state index contributed by atoms with van der Waals surface area (Å²) in [6.45, 7) is 8.74. The summed E-state index contributed by atoms with van der Waals surface area (Å²) in [4.78, 5) is 28.8. The Hall–Kier alpha value is -2.34. The van der Waals surface area contributed by atoms with Crippen LogP contribution in [0.1, 0.15) is 69.3 Å². The lowest BCUT2D eigenvalue weighted by molar-refractivity contribution is 0.0110. The minimum absolute atomic E-state index is 0.105. The Morgan fingerprint density at radius 1 is 1.30 bits per heavy atom. The fraction of sp³-hybridized carbons (Fsp3) is 0.583. The first-order valence-electron chi connectivity index (χ1n) is 11.3. The molecule has 2 bridgehead atoms. The molecule has 162 valence electrons. The van der Waals surface area contributed by atoms with E-state index in [-0.39, 0.29) is 22.8 Å². The monoisotopic (exact) mass is 411 g/mol. The van der Waals surface area contributed by atoms with Crippen molar-refractivity contribution in [3.8, 4) is 5.75 Å². The molecule has 1 aromatic heterocycles. The smallest absolute Gasteiger partial charge is 0.267 e. The predicted molar refractivity (Wildman–Crippen MR) is 119 cm³/mol. The highest BCUT2D eigenvalue weighted by Gasteiger charge is 2.42. The van der Waals surface area contributed by atoms with Crippen LogP contribution in [-0.4, -0.2) is 46.2 Å². The predicted octanol–water partition coefficient (Wildman–Crippen LogP) is 3.67. The summed E-state index contributed by atoms with van der Waals surface area (Å²) >= 11 is 0. The molecule has 2 N–H and O–H groups in total. The summed E-state index contributed by atoms with van der Waals surface area (Å²) in [7, 11) is 0. The van der Waals surface area contributed by atoms with Gasteiger partial charge < -0.3 is 19.9 Å². The molecule has 1 saturated heterocycles. The Balaban J connectivity index is 1.62. The highest BCUT2D eigenvalue weighted by atomic mass is 16.3. The number of aromatic nitrogens is 1. The Labute approximate surface area is 177 Å². The van der Waals surface area contributed by atoms with Crippen molar-refractivity contribution in [2.45, 2.75) is 65.0 Å². The van der Waals surface area contributed by atoms with Gasteiger partial charge in [-0.1, -0.05) is 25.5 Å². The Morgan fingerprint density at radius 3 is 2.80 bits per heavy atom. The summed E-state index contributed by atoms with van der Waals surface area (Å²) in [5, 5.41) is 14.4. The summed E-state index contributed by atoms with van der Waals surface area (Å²) < 4.78 is 1.60. The van der Waals surface area contributed by atoms with E-state index in [1.165, 1.54) is 12.8 Å². The number of pyridine rings is 1. The standard InChI is InChI=1S/C24H33N3O3/c1-4-26-13-12-24(11-7-8-17(26)14-24)15-25-22(29)20-21(28)18-9-5-6-10-19(18)27(16(2)3)23(20)30/h5-6,9-10,16-17,28H,4,7-8,11-15H2,1-3H3,(H,25,29). The number of aromatic hydroxyl groups is 1. The van der Waals surface area contributed by atoms with Gasteiger partial charge in [-0.2, -0.15) is 0 Å². The van der Waals surface area contributed by atoms with E-state index in [0.717, 1.165) is 32.4 Å². The van der Waals surface area contributed by atoms with Crippen molar-refractivity contribution >= 4 is 16.8 Å². The zero-order valence-electron chi connectivity index (χ0n) is 18.3. The third-order valence-electron chi connectivity index (χ3n) is 7.22. The van der Waals surface area contributed by atoms with E-state index >= 15 is 0 Å². The normalized spacial score (nSPS) is 24.3. The first kappa shape index (κ1) is 20.9. The molecule has 2 aromatic rings. The maximum absolute atomic E-state index is 13.2. The minimum Gasteiger partial charge on any atom is -0.506 e. The zero-order valence-corrected chi connectivity index (χ0v) is 18.3. The average molecular weight is 412 g/mol. The topological polar surface area (TPSA) is 74.6 Å². The van der Waals surface area contributed by atoms with Crippen molar-refractivity contribution in [1.29, 1.82) is 0 Å². The molecule has 1 saturated carbocycles. The van der Waals surface area contributed by atoms with Gasteiger partial charge in [-0.05, 0) is 70.2 Å². The fourth-order valence-corrected chi connectivity index (χ4v) is 5.61. The van der Waals surface area contributed by atoms with Crippen molar-refractivity contribution in [3.63, 3.8) is 0 Å². The van der Waals surface area contributed by atoms with E-state index in [4.69, 9.17) is 0 Å². The molecule has 1 aliphatic heterocycles. The van der Waals surface area contributed by atoms with Gasteiger partial charge >= 0.3 is 0 Å². The van der Waals surface area contributed by atoms with Crippen molar-refractivity contribution in [2.24, 2.45) is 5.41 Å². The molecule has 6 heteroatoms. The van der Waals surface area contributed by atoms with E-state index in [1.807, 2.05) is 26.0 Å². The van der Waals surface area contributed by atoms with Crippen LogP contribution < -0.4 is 10.9 Å². The second-order valence-electron chi connectivity index (χ2n) is 9.32. The fourth-order valence-electron chi connectivity index (χ4n) is 5.61. The van der Waals surface area contributed by atoms with E-state index in [2.05, 4.69) is 17.1 Å². The molecule has 1 aliphatic carbocycles. The van der Waals surface area contributed by atoms with E-state index in [1.54, 1.807) is 16.7 Å². The van der Waals surface area contributed by atoms with Crippen molar-refractivity contribution < 1.29 is 9.90 Å². The molecular formula is C24H33N3O3. The number of nitrogens with one attached hydrogen (secondary N) is 1. The van der Waals surface area contributed by atoms with Gasteiger partial charge in [0.05, 0.1) is 5.52 Å². The number of rotatable bonds is 5. The number of amides is 1. The van der Waals surface area contributed by atoms with Gasteiger partial charge in [0.2, 0.25) is 0 Å². The Kier molecular flexibility index (Phi) is 5.62. The van der Waals surface area contributed by atoms with Crippen LogP contribution in [-0.2, 0) is 0 Å². The molecule has 1 aromatic carbocycles. The van der Waals surface area contributed by atoms with Crippen LogP contribution in [0, 0.1) is 5.41 Å². The molecule has 2 unspecified atom stereocenters. The minimum atomic E-state index is -0.466. The molecule has 0 radical (unpaired) electrons. The molecule has 4 rings (SSSR count). The van der Waals surface area contributed by atoms with Crippen molar-refractivity contribution in [2.75, 3.05) is 19.6 Å². The van der Waals surface area contributed by atoms with Crippen LogP contribution in [0.2, 0.25) is 0 Å². The van der Waals surface area contributed by atoms with Gasteiger partial charge in [0.25, 0.3) is 11.5 Å². The second-order valence-corrected chi connectivity index (χ2v) is 9.32. The van der Waals surface area contributed by atoms with E-state index in [0.29, 0.717) is 23.5 Å². The lowest BCUT2D eigenvalue weighted by atomic mass is 9.67. The Bertz CT molecular complexity index is 1010. The van der Waals surface area contributed by atoms with Crippen LogP contribution in [0.5, 0.6) is 5.75 Å². The summed E-state index contributed by atoms with van der Waals surface area (Å²) in [5.41, 5.74) is 0.177. The number of para-hydroxylation sites is 1. The molecule has 1 amide bonds. The number of carbonyl (C=O) groups is 1. The molecule has 0 spiro atoms. The number of hydrogen-bond acceptors (Lipinski definition) is 4. The summed E-state index contributed by atoms with van der Waals surface area (Å²) in [6.07, 6.45) is 5.69. The first-order valence-corrected chi connectivity index (χ1v) is 11.3. The third-order valence-corrected chi connectivity index (χ3v) is 7.22. The zero-order chi connectivity index (χ0) is 21.5. The lowest BCUT2D eigenvalue weighted by Crippen LogP contribution is -2.53. The Morgan fingerprint density at radius 2 is 2.07 bits per heavy atom. The summed E-state index contributed by atoms with van der Waals surface area (Å²) in [6, 6.07) is 7.68. The molecule has 2 atom stereocenters. The number of piperidine rings is 1. The number of benzene rings is 1. The largest absolute Gasteiger partial charge is 0.506 e. The van der Waals surface area contributed by atoms with Gasteiger partial charge in [-0.3, -0.25) is 9.59 Å². The van der Waals surface area contributed by atoms with Gasteiger partial charge in [-0.15, -0.1) is 0 Å². The van der Waals surface area contributed by atoms with Crippen LogP contribution in [0.3, 0.4) is 0 Å². The number of hydrogen-bond donors (Lipinski definition) is 2. The molecule has 2 fully saturated rings. The highest BCUT2D eigenvalue weighted by molar-refractivity contribution is 6.02. The number of nitrogens with zero attached hydrogens (tertiary/aromatic N) is 2. The lowest BCUT2D eigenvalue weighted by Gasteiger charge is -2.50. The molecule has 2 heterocycles. The maximum atomic E-state index is 13.2. The van der Waals surface area contributed by atoms with Crippen LogP contribution in [0.4, 0.5) is 0 Å². The molecule has 6 nitrogen and oxygen atoms in total. The van der Waals surface area contributed by atoms with Crippen molar-refractivity contribution in [3.05, 3.63) is 40.2 Å². The molecule has 2 aliphatic rings. The third kappa shape index (κ3) is 3.51. The van der Waals surface area contributed by atoms with Crippen LogP contribution in [0.15, 0.2) is 29.1 Å². The van der Waals surface area contributed by atoms with Crippen LogP contribution in [0.25, 0.3) is 10.9 Å². The average Bonchev–Trinajstić information content (AvgIpc) is 2.73. The van der Waals surface area contributed by atoms with Gasteiger partial charge in [0.15, 0.2) is 0 Å². The molecular weight excluding hydrogens is 378 g/mol. The van der Waals surface area contributed by atoms with Gasteiger partial charge in [-0.25, -0.2) is 0 Å². The first-order chi connectivity index (χ1) is 14.4. The molecule has 30 heavy (non-hydrogen) atoms. The quantitative estimate of drug-likeness (QED) is 0.787. The maximum Gasteiger partial charge on any atom is 0.267 e. The second kappa shape index (κ2) is 8.06. The SMILES string of the molecule is CCN1CCC2(CNC(=O)c3c(O)c4ccccc4n(C(C)C)c3=O)CCCC1C2. The van der Waals surface area contributed by atoms with Gasteiger partial charge in [0.1, 0.15) is 11.3 Å². The highest BCUT2D eigenvalue weighted by Crippen LogP contribution is 2.44. The van der Waals surface area contributed by atoms with Crippen molar-refractivity contribution in [1.82, 2.24) is 14.8 Å². The van der Waals surface area contributed by atoms with Gasteiger partial charge in [0, 0.05) is 24.0 Å².